The maximum Gasteiger partial charge on any atom is 0.254 e. The lowest BCUT2D eigenvalue weighted by Gasteiger charge is -2.27. The Balaban J connectivity index is 1.80. The average Bonchev–Trinajstić information content (AvgIpc) is 3.27. The summed E-state index contributed by atoms with van der Waals surface area (Å²) in [5, 5.41) is 1.96. The zero-order valence-electron chi connectivity index (χ0n) is 17.5. The van der Waals surface area contributed by atoms with Gasteiger partial charge < -0.3 is 9.80 Å². The molecule has 0 aliphatic carbocycles. The first-order chi connectivity index (χ1) is 15.0. The first kappa shape index (κ1) is 22.4. The van der Waals surface area contributed by atoms with E-state index in [0.717, 1.165) is 16.0 Å². The first-order valence-electron chi connectivity index (χ1n) is 9.98. The van der Waals surface area contributed by atoms with Crippen LogP contribution in [0.5, 0.6) is 0 Å². The van der Waals surface area contributed by atoms with Crippen molar-refractivity contribution in [3.8, 4) is 0 Å². The van der Waals surface area contributed by atoms with Crippen LogP contribution in [0.2, 0.25) is 0 Å². The molecule has 160 valence electrons. The van der Waals surface area contributed by atoms with Crippen molar-refractivity contribution in [1.82, 2.24) is 9.80 Å². The van der Waals surface area contributed by atoms with Crippen molar-refractivity contribution in [2.45, 2.75) is 20.0 Å². The first-order valence-corrected chi connectivity index (χ1v) is 10.9. The lowest BCUT2D eigenvalue weighted by Crippen LogP contribution is -2.42. The molecule has 0 atom stereocenters. The molecule has 2 amide bonds. The lowest BCUT2D eigenvalue weighted by molar-refractivity contribution is -0.133. The second-order valence-electron chi connectivity index (χ2n) is 7.24. The molecule has 0 radical (unpaired) electrons. The Hall–Kier alpha value is -3.25. The Morgan fingerprint density at radius 2 is 1.74 bits per heavy atom. The van der Waals surface area contributed by atoms with Crippen LogP contribution in [0, 0.1) is 12.7 Å². The topological polar surface area (TPSA) is 40.6 Å². The van der Waals surface area contributed by atoms with Crippen LogP contribution in [0.25, 0.3) is 0 Å². The minimum atomic E-state index is -0.319. The predicted molar refractivity (Wildman–Crippen MR) is 122 cm³/mol. The van der Waals surface area contributed by atoms with Crippen LogP contribution in [-0.4, -0.2) is 34.7 Å². The van der Waals surface area contributed by atoms with Gasteiger partial charge in [0, 0.05) is 23.5 Å². The summed E-state index contributed by atoms with van der Waals surface area (Å²) >= 11 is 1.57. The van der Waals surface area contributed by atoms with E-state index in [4.69, 9.17) is 0 Å². The van der Waals surface area contributed by atoms with Gasteiger partial charge in [0.2, 0.25) is 5.91 Å². The summed E-state index contributed by atoms with van der Waals surface area (Å²) in [7, 11) is 0. The quantitative estimate of drug-likeness (QED) is 0.440. The van der Waals surface area contributed by atoms with Gasteiger partial charge in [0.25, 0.3) is 5.91 Å². The molecule has 0 unspecified atom stereocenters. The minimum absolute atomic E-state index is 0.0637. The van der Waals surface area contributed by atoms with E-state index in [1.165, 1.54) is 17.0 Å². The highest BCUT2D eigenvalue weighted by Crippen LogP contribution is 2.17. The van der Waals surface area contributed by atoms with Crippen LogP contribution in [0.15, 0.2) is 78.7 Å². The number of carbonyl (C=O) groups is 2. The van der Waals surface area contributed by atoms with E-state index in [2.05, 4.69) is 6.58 Å². The SMILES string of the molecule is C=CCN(CC(=O)N(Cc1ccc(F)cc1)Cc1cccs1)C(=O)c1ccccc1C. The largest absolute Gasteiger partial charge is 0.332 e. The number of thiophene rings is 1. The zero-order valence-corrected chi connectivity index (χ0v) is 18.3. The molecular weight excluding hydrogens is 411 g/mol. The van der Waals surface area contributed by atoms with E-state index in [0.29, 0.717) is 18.7 Å². The summed E-state index contributed by atoms with van der Waals surface area (Å²) < 4.78 is 13.3. The molecule has 1 heterocycles. The molecule has 0 N–H and O–H groups in total. The van der Waals surface area contributed by atoms with Gasteiger partial charge in [0.05, 0.1) is 6.54 Å². The van der Waals surface area contributed by atoms with Gasteiger partial charge in [0.1, 0.15) is 12.4 Å². The Morgan fingerprint density at radius 1 is 1.00 bits per heavy atom. The number of carbonyl (C=O) groups excluding carboxylic acids is 2. The molecule has 0 bridgehead atoms. The fourth-order valence-electron chi connectivity index (χ4n) is 3.25. The van der Waals surface area contributed by atoms with E-state index in [1.807, 2.05) is 42.6 Å². The van der Waals surface area contributed by atoms with Gasteiger partial charge in [-0.3, -0.25) is 9.59 Å². The number of amides is 2. The molecule has 0 saturated carbocycles. The summed E-state index contributed by atoms with van der Waals surface area (Å²) in [6.07, 6.45) is 1.62. The molecule has 0 saturated heterocycles. The molecule has 1 aromatic heterocycles. The smallest absolute Gasteiger partial charge is 0.254 e. The number of hydrogen-bond donors (Lipinski definition) is 0. The van der Waals surface area contributed by atoms with Crippen LogP contribution < -0.4 is 0 Å². The minimum Gasteiger partial charge on any atom is -0.332 e. The van der Waals surface area contributed by atoms with Crippen molar-refractivity contribution in [2.24, 2.45) is 0 Å². The van der Waals surface area contributed by atoms with Crippen LogP contribution in [0.3, 0.4) is 0 Å². The summed E-state index contributed by atoms with van der Waals surface area (Å²) in [5.41, 5.74) is 2.25. The van der Waals surface area contributed by atoms with Crippen molar-refractivity contribution < 1.29 is 14.0 Å². The molecular formula is C25H25FN2O2S. The molecule has 31 heavy (non-hydrogen) atoms. The van der Waals surface area contributed by atoms with Crippen molar-refractivity contribution in [3.63, 3.8) is 0 Å². The Morgan fingerprint density at radius 3 is 2.39 bits per heavy atom. The standard InChI is InChI=1S/C25H25FN2O2S/c1-3-14-27(25(30)23-9-5-4-7-19(23)2)18-24(29)28(17-22-8-6-15-31-22)16-20-10-12-21(26)13-11-20/h3-13,15H,1,14,16-18H2,2H3. The lowest BCUT2D eigenvalue weighted by atomic mass is 10.1. The van der Waals surface area contributed by atoms with E-state index >= 15 is 0 Å². The summed E-state index contributed by atoms with van der Waals surface area (Å²) in [5.74, 6) is -0.702. The second-order valence-corrected chi connectivity index (χ2v) is 8.28. The second kappa shape index (κ2) is 10.7. The summed E-state index contributed by atoms with van der Waals surface area (Å²) in [6, 6.07) is 17.3. The predicted octanol–water partition coefficient (Wildman–Crippen LogP) is 5.05. The van der Waals surface area contributed by atoms with E-state index in [-0.39, 0.29) is 30.7 Å². The van der Waals surface area contributed by atoms with E-state index in [9.17, 15) is 14.0 Å². The average molecular weight is 437 g/mol. The monoisotopic (exact) mass is 436 g/mol. The van der Waals surface area contributed by atoms with E-state index < -0.39 is 0 Å². The number of aryl methyl sites for hydroxylation is 1. The van der Waals surface area contributed by atoms with Crippen molar-refractivity contribution in [2.75, 3.05) is 13.1 Å². The molecule has 0 aliphatic heterocycles. The Bertz CT molecular complexity index is 1030. The molecule has 2 aromatic carbocycles. The molecule has 3 aromatic rings. The third-order valence-corrected chi connectivity index (χ3v) is 5.77. The number of benzene rings is 2. The fraction of sp³-hybridized carbons (Fsp3) is 0.200. The van der Waals surface area contributed by atoms with Gasteiger partial charge >= 0.3 is 0 Å². The zero-order chi connectivity index (χ0) is 22.2. The third-order valence-electron chi connectivity index (χ3n) is 4.90. The van der Waals surface area contributed by atoms with Crippen LogP contribution in [-0.2, 0) is 17.9 Å². The number of halogens is 1. The highest BCUT2D eigenvalue weighted by molar-refractivity contribution is 7.09. The van der Waals surface area contributed by atoms with Crippen molar-refractivity contribution in [3.05, 3.63) is 106 Å². The van der Waals surface area contributed by atoms with Gasteiger partial charge in [-0.15, -0.1) is 17.9 Å². The number of nitrogens with zero attached hydrogens (tertiary/aromatic N) is 2. The van der Waals surface area contributed by atoms with Gasteiger partial charge in [-0.05, 0) is 47.7 Å². The molecule has 0 spiro atoms. The molecule has 6 heteroatoms. The number of rotatable bonds is 9. The Labute approximate surface area is 186 Å². The number of hydrogen-bond acceptors (Lipinski definition) is 3. The van der Waals surface area contributed by atoms with Crippen molar-refractivity contribution >= 4 is 23.2 Å². The van der Waals surface area contributed by atoms with E-state index in [1.54, 1.807) is 40.5 Å². The van der Waals surface area contributed by atoms with Gasteiger partial charge in [-0.1, -0.05) is 42.5 Å². The third kappa shape index (κ3) is 6.12. The van der Waals surface area contributed by atoms with Gasteiger partial charge in [0.15, 0.2) is 0 Å². The van der Waals surface area contributed by atoms with Crippen LogP contribution in [0.4, 0.5) is 4.39 Å². The van der Waals surface area contributed by atoms with Crippen LogP contribution in [0.1, 0.15) is 26.4 Å². The molecule has 0 fully saturated rings. The highest BCUT2D eigenvalue weighted by Gasteiger charge is 2.23. The van der Waals surface area contributed by atoms with Gasteiger partial charge in [-0.2, -0.15) is 0 Å². The fourth-order valence-corrected chi connectivity index (χ4v) is 3.97. The highest BCUT2D eigenvalue weighted by atomic mass is 32.1. The Kier molecular flexibility index (Phi) is 7.73. The molecule has 0 aliphatic rings. The van der Waals surface area contributed by atoms with Gasteiger partial charge in [-0.25, -0.2) is 4.39 Å². The normalized spacial score (nSPS) is 10.5. The molecule has 4 nitrogen and oxygen atoms in total. The summed E-state index contributed by atoms with van der Waals surface area (Å²) in [4.78, 5) is 30.6. The summed E-state index contributed by atoms with van der Waals surface area (Å²) in [6.45, 7) is 6.57. The maximum atomic E-state index is 13.3. The maximum absolute atomic E-state index is 13.3. The van der Waals surface area contributed by atoms with Crippen molar-refractivity contribution in [1.29, 1.82) is 0 Å². The van der Waals surface area contributed by atoms with Crippen LogP contribution >= 0.6 is 11.3 Å². The molecule has 3 rings (SSSR count).